The number of carbonyl (C=O) groups is 1. The van der Waals surface area contributed by atoms with Gasteiger partial charge in [-0.1, -0.05) is 0 Å². The minimum atomic E-state index is -0.424. The first kappa shape index (κ1) is 23.2. The van der Waals surface area contributed by atoms with E-state index in [1.807, 2.05) is 38.1 Å². The predicted molar refractivity (Wildman–Crippen MR) is 139 cm³/mol. The molecule has 35 heavy (non-hydrogen) atoms. The summed E-state index contributed by atoms with van der Waals surface area (Å²) in [5.41, 5.74) is 3.75. The number of aliphatic imine (C=N–C) groups is 1. The van der Waals surface area contributed by atoms with Gasteiger partial charge < -0.3 is 18.9 Å². The van der Waals surface area contributed by atoms with Crippen LogP contribution in [0, 0.1) is 19.3 Å². The Kier molecular flexibility index (Phi) is 6.14. The number of ether oxygens (including phenoxy) is 2. The Labute approximate surface area is 208 Å². The molecule has 0 atom stereocenters. The maximum atomic E-state index is 12.9. The summed E-state index contributed by atoms with van der Waals surface area (Å²) in [6.45, 7) is 5.85. The second kappa shape index (κ2) is 9.26. The van der Waals surface area contributed by atoms with Gasteiger partial charge in [0.05, 0.1) is 25.5 Å². The Morgan fingerprint density at radius 3 is 2.54 bits per heavy atom. The lowest BCUT2D eigenvalue weighted by Crippen LogP contribution is -2.35. The third-order valence-electron chi connectivity index (χ3n) is 6.47. The first-order chi connectivity index (χ1) is 16.9. The van der Waals surface area contributed by atoms with Gasteiger partial charge in [-0.2, -0.15) is 10.0 Å². The Morgan fingerprint density at radius 1 is 1.06 bits per heavy atom. The summed E-state index contributed by atoms with van der Waals surface area (Å²) < 4.78 is 13.1. The monoisotopic (exact) mass is 492 g/mol. The molecule has 0 spiro atoms. The summed E-state index contributed by atoms with van der Waals surface area (Å²) in [6, 6.07) is 7.62. The summed E-state index contributed by atoms with van der Waals surface area (Å²) in [6.07, 6.45) is 5.21. The van der Waals surface area contributed by atoms with Crippen LogP contribution < -0.4 is 9.47 Å². The van der Waals surface area contributed by atoms with Gasteiger partial charge in [-0.05, 0) is 74.7 Å². The summed E-state index contributed by atoms with van der Waals surface area (Å²) in [5.74, 6) is 1.04. The van der Waals surface area contributed by atoms with Crippen LogP contribution in [0.15, 0.2) is 39.9 Å². The number of likely N-dealkylation sites (tertiary alicyclic amines) is 1. The Morgan fingerprint density at radius 2 is 1.83 bits per heavy atom. The minimum absolute atomic E-state index is 0.0447. The maximum Gasteiger partial charge on any atom is 0.283 e. The third kappa shape index (κ3) is 4.12. The van der Waals surface area contributed by atoms with Crippen molar-refractivity contribution < 1.29 is 14.3 Å². The molecule has 1 aromatic carbocycles. The highest BCUT2D eigenvalue weighted by molar-refractivity contribution is 8.26. The fourth-order valence-corrected chi connectivity index (χ4v) is 5.57. The first-order valence-electron chi connectivity index (χ1n) is 11.6. The van der Waals surface area contributed by atoms with Crippen LogP contribution in [-0.2, 0) is 4.79 Å². The molecule has 0 saturated carbocycles. The van der Waals surface area contributed by atoms with E-state index < -0.39 is 5.91 Å². The van der Waals surface area contributed by atoms with Crippen molar-refractivity contribution in [3.05, 3.63) is 46.8 Å². The zero-order valence-electron chi connectivity index (χ0n) is 20.3. The average molecular weight is 493 g/mol. The van der Waals surface area contributed by atoms with E-state index in [4.69, 9.17) is 14.9 Å². The molecule has 1 fully saturated rings. The topological polar surface area (TPSA) is 95.5 Å². The van der Waals surface area contributed by atoms with Crippen LogP contribution in [-0.4, -0.2) is 63.9 Å². The van der Waals surface area contributed by atoms with E-state index in [0.717, 1.165) is 53.7 Å². The summed E-state index contributed by atoms with van der Waals surface area (Å²) in [5, 5.41) is 16.1. The van der Waals surface area contributed by atoms with Crippen LogP contribution in [0.4, 0.5) is 0 Å². The van der Waals surface area contributed by atoms with Crippen molar-refractivity contribution in [1.82, 2.24) is 14.5 Å². The predicted octanol–water partition coefficient (Wildman–Crippen LogP) is 4.17. The first-order valence-corrected chi connectivity index (χ1v) is 12.4. The van der Waals surface area contributed by atoms with Crippen LogP contribution >= 0.6 is 11.8 Å². The number of rotatable bonds is 4. The van der Waals surface area contributed by atoms with Gasteiger partial charge >= 0.3 is 0 Å². The van der Waals surface area contributed by atoms with E-state index in [0.29, 0.717) is 16.7 Å². The highest BCUT2D eigenvalue weighted by Crippen LogP contribution is 2.34. The Hall–Kier alpha value is -3.53. The highest BCUT2D eigenvalue weighted by atomic mass is 32.2. The number of hydrogen-bond donors (Lipinski definition) is 1. The molecule has 1 amide bonds. The number of benzene rings is 1. The van der Waals surface area contributed by atoms with E-state index in [1.165, 1.54) is 23.2 Å². The number of nitrogens with one attached hydrogen (secondary N) is 1. The molecule has 0 aliphatic carbocycles. The van der Waals surface area contributed by atoms with E-state index in [-0.39, 0.29) is 11.4 Å². The van der Waals surface area contributed by atoms with Crippen molar-refractivity contribution in [3.8, 4) is 17.2 Å². The van der Waals surface area contributed by atoms with Gasteiger partial charge in [-0.15, -0.1) is 5.10 Å². The van der Waals surface area contributed by atoms with Crippen molar-refractivity contribution in [2.45, 2.75) is 33.1 Å². The number of fused-ring (bicyclic) bond motifs is 1. The lowest BCUT2D eigenvalue weighted by molar-refractivity contribution is -0.114. The molecule has 0 radical (unpaired) electrons. The Bertz CT molecular complexity index is 1300. The number of carbonyl (C=O) groups excluding carboxylic acids is 1. The molecule has 1 N–H and O–H groups in total. The number of thioether (sulfide) groups is 1. The van der Waals surface area contributed by atoms with Crippen LogP contribution in [0.5, 0.6) is 11.5 Å². The lowest BCUT2D eigenvalue weighted by Gasteiger charge is -2.26. The minimum Gasteiger partial charge on any atom is -0.497 e. The summed E-state index contributed by atoms with van der Waals surface area (Å²) >= 11 is 1.36. The van der Waals surface area contributed by atoms with Crippen molar-refractivity contribution in [1.29, 1.82) is 5.41 Å². The smallest absolute Gasteiger partial charge is 0.283 e. The number of hydrogen-bond acceptors (Lipinski definition) is 7. The Balaban J connectivity index is 1.50. The van der Waals surface area contributed by atoms with Crippen LogP contribution in [0.2, 0.25) is 0 Å². The number of piperidine rings is 1. The zero-order valence-corrected chi connectivity index (χ0v) is 21.1. The molecule has 9 nitrogen and oxygen atoms in total. The molecule has 0 unspecified atom stereocenters. The average Bonchev–Trinajstić information content (AvgIpc) is 3.42. The molecular weight excluding hydrogens is 464 g/mol. The van der Waals surface area contributed by atoms with Crippen molar-refractivity contribution >= 4 is 39.9 Å². The largest absolute Gasteiger partial charge is 0.497 e. The molecule has 2 aromatic rings. The van der Waals surface area contributed by atoms with Crippen molar-refractivity contribution in [2.24, 2.45) is 10.1 Å². The quantitative estimate of drug-likeness (QED) is 0.644. The standard InChI is InChI=1S/C25H28N6O3S/c1-15-12-17(16(2)30(15)20-14-18(33-3)8-9-21(20)34-4)13-19-22(26)31-24(27-23(19)32)35-25(28-31)29-10-6-5-7-11-29/h8-9,12-14,26H,5-7,10-11H2,1-4H3/b19-13+,26-22?. The van der Waals surface area contributed by atoms with Crippen LogP contribution in [0.25, 0.3) is 11.8 Å². The van der Waals surface area contributed by atoms with Gasteiger partial charge in [-0.3, -0.25) is 10.2 Å². The van der Waals surface area contributed by atoms with Gasteiger partial charge in [0.15, 0.2) is 11.0 Å². The van der Waals surface area contributed by atoms with E-state index in [9.17, 15) is 4.79 Å². The number of amides is 1. The molecule has 5 rings (SSSR count). The highest BCUT2D eigenvalue weighted by Gasteiger charge is 2.37. The second-order valence-corrected chi connectivity index (χ2v) is 9.58. The van der Waals surface area contributed by atoms with Crippen LogP contribution in [0.3, 0.4) is 0 Å². The van der Waals surface area contributed by atoms with Crippen molar-refractivity contribution in [3.63, 3.8) is 0 Å². The number of nitrogens with zero attached hydrogens (tertiary/aromatic N) is 5. The van der Waals surface area contributed by atoms with E-state index >= 15 is 0 Å². The third-order valence-corrected chi connectivity index (χ3v) is 7.44. The molecule has 3 aliphatic heterocycles. The molecule has 10 heteroatoms. The molecule has 0 bridgehead atoms. The number of aryl methyl sites for hydroxylation is 1. The lowest BCUT2D eigenvalue weighted by atomic mass is 10.1. The number of hydrazone groups is 1. The fourth-order valence-electron chi connectivity index (χ4n) is 4.63. The van der Waals surface area contributed by atoms with E-state index in [1.54, 1.807) is 20.3 Å². The number of aromatic nitrogens is 1. The van der Waals surface area contributed by atoms with Gasteiger partial charge in [-0.25, -0.2) is 0 Å². The molecule has 182 valence electrons. The number of amidine groups is 3. The van der Waals surface area contributed by atoms with Gasteiger partial charge in [0.1, 0.15) is 11.5 Å². The summed E-state index contributed by atoms with van der Waals surface area (Å²) in [4.78, 5) is 19.4. The molecule has 4 heterocycles. The maximum absolute atomic E-state index is 12.9. The fraction of sp³-hybridized carbons (Fsp3) is 0.360. The zero-order chi connectivity index (χ0) is 24.7. The van der Waals surface area contributed by atoms with Gasteiger partial charge in [0.25, 0.3) is 5.91 Å². The van der Waals surface area contributed by atoms with Gasteiger partial charge in [0.2, 0.25) is 5.17 Å². The van der Waals surface area contributed by atoms with Crippen LogP contribution in [0.1, 0.15) is 36.2 Å². The SMILES string of the molecule is COc1ccc(OC)c(-n2c(C)cc(/C=C3\C(=N)N4N=C(N5CCCCC5)SC4=NC3=O)c2C)c1. The molecule has 3 aliphatic rings. The van der Waals surface area contributed by atoms with Crippen molar-refractivity contribution in [2.75, 3.05) is 27.3 Å². The summed E-state index contributed by atoms with van der Waals surface area (Å²) in [7, 11) is 3.26. The molecule has 1 saturated heterocycles. The number of methoxy groups -OCH3 is 2. The normalized spacial score (nSPS) is 19.1. The second-order valence-electron chi connectivity index (χ2n) is 8.65. The molecular formula is C25H28N6O3S. The van der Waals surface area contributed by atoms with Gasteiger partial charge in [0, 0.05) is 30.5 Å². The van der Waals surface area contributed by atoms with E-state index in [2.05, 4.69) is 19.6 Å². The molecule has 1 aromatic heterocycles.